The largest absolute Gasteiger partial charge is 0.263 e. The molecule has 0 atom stereocenters. The molecule has 0 aromatic rings. The Morgan fingerprint density at radius 3 is 1.05 bits per heavy atom. The van der Waals surface area contributed by atoms with Gasteiger partial charge in [0.05, 0.1) is 6.67 Å². The highest BCUT2D eigenvalue weighted by atomic mass is 35.7. The minimum atomic E-state index is -4.94. The fourth-order valence-corrected chi connectivity index (χ4v) is 2.54. The van der Waals surface area contributed by atoms with Crippen LogP contribution in [0.4, 0.5) is 0 Å². The Kier molecular flexibility index (Phi) is 6.27. The molecule has 4 heterocycles. The average Bonchev–Trinajstić information content (AvgIpc) is 2.08. The van der Waals surface area contributed by atoms with E-state index in [1.165, 1.54) is 40.0 Å². The van der Waals surface area contributed by atoms with Crippen LogP contribution >= 0.6 is 0 Å². The molecule has 0 spiro atoms. The van der Waals surface area contributed by atoms with Crippen LogP contribution in [0.2, 0.25) is 0 Å². The van der Waals surface area contributed by atoms with E-state index in [0.29, 0.717) is 0 Å². The molecule has 12 nitrogen and oxygen atoms in total. The SMILES string of the molecule is C1N2C[NH+]3CN1C[NH+](C2)C3.[O-][Cl+3]([O-])([O-])[O-].[O-][Cl+3]([O-])([O-])[O-]. The molecule has 2 N–H and O–H groups in total. The van der Waals surface area contributed by atoms with Crippen LogP contribution < -0.4 is 47.1 Å². The predicted molar refractivity (Wildman–Crippen MR) is 34.8 cm³/mol. The van der Waals surface area contributed by atoms with Gasteiger partial charge in [-0.2, -0.15) is 9.80 Å². The molecule has 14 heteroatoms. The Balaban J connectivity index is 0.000000173. The molecule has 4 saturated heterocycles. The van der Waals surface area contributed by atoms with Gasteiger partial charge in [-0.05, 0) is 0 Å². The first-order valence-corrected chi connectivity index (χ1v) is 7.72. The fourth-order valence-electron chi connectivity index (χ4n) is 2.54. The van der Waals surface area contributed by atoms with E-state index in [0.717, 1.165) is 0 Å². The van der Waals surface area contributed by atoms with Crippen LogP contribution in [-0.4, -0.2) is 49.8 Å². The van der Waals surface area contributed by atoms with Crippen LogP contribution in [0, 0.1) is 20.5 Å². The second-order valence-corrected chi connectivity index (χ2v) is 6.06. The lowest BCUT2D eigenvalue weighted by molar-refractivity contribution is -2.00. The van der Waals surface area contributed by atoms with Crippen LogP contribution in [0.5, 0.6) is 0 Å². The van der Waals surface area contributed by atoms with E-state index in [2.05, 4.69) is 9.80 Å². The van der Waals surface area contributed by atoms with Crippen molar-refractivity contribution in [3.63, 3.8) is 0 Å². The molecule has 4 bridgehead atoms. The summed E-state index contributed by atoms with van der Waals surface area (Å²) in [4.78, 5) is 8.58. The first-order chi connectivity index (χ1) is 8.90. The van der Waals surface area contributed by atoms with Gasteiger partial charge in [0, 0.05) is 0 Å². The highest BCUT2D eigenvalue weighted by Crippen LogP contribution is 1.96. The standard InChI is InChI=1S/C6H12N4.2ClHO4/c1-7-2-9-4-8(1)5-10(3-7)6-9;2*2-1(3,4)5/h1-6H2;2*(H,2,3,4,5). The van der Waals surface area contributed by atoms with Gasteiger partial charge in [-0.1, -0.05) is 0 Å². The Labute approximate surface area is 118 Å². The lowest BCUT2D eigenvalue weighted by atomic mass is 10.4. The van der Waals surface area contributed by atoms with Gasteiger partial charge in [0.1, 0.15) is 26.7 Å². The zero-order valence-electron chi connectivity index (χ0n) is 10.2. The number of hydrogen-bond donors (Lipinski definition) is 2. The molecule has 4 rings (SSSR count). The summed E-state index contributed by atoms with van der Waals surface area (Å²) in [7, 11) is -9.89. The first kappa shape index (κ1) is 18.1. The monoisotopic (exact) mass is 340 g/mol. The summed E-state index contributed by atoms with van der Waals surface area (Å²) in [6.45, 7) is 7.75. The molecule has 0 aromatic heterocycles. The van der Waals surface area contributed by atoms with Crippen molar-refractivity contribution in [1.82, 2.24) is 9.80 Å². The van der Waals surface area contributed by atoms with Gasteiger partial charge >= 0.3 is 0 Å². The van der Waals surface area contributed by atoms with Crippen molar-refractivity contribution in [3.8, 4) is 0 Å². The molecule has 0 aliphatic carbocycles. The number of halogens is 2. The van der Waals surface area contributed by atoms with Gasteiger partial charge < -0.3 is 0 Å². The van der Waals surface area contributed by atoms with Gasteiger partial charge in [-0.15, -0.1) is 20.5 Å². The van der Waals surface area contributed by atoms with Crippen molar-refractivity contribution < 1.29 is 67.6 Å². The molecule has 4 aliphatic heterocycles. The Hall–Kier alpha value is 0.1000. The summed E-state index contributed by atoms with van der Waals surface area (Å²) in [5.74, 6) is 0. The maximum absolute atomic E-state index is 8.49. The molecule has 120 valence electrons. The highest BCUT2D eigenvalue weighted by molar-refractivity contribution is 4.57. The minimum Gasteiger partial charge on any atom is -0.263 e. The molecule has 20 heavy (non-hydrogen) atoms. The smallest absolute Gasteiger partial charge is 0.208 e. The van der Waals surface area contributed by atoms with Gasteiger partial charge in [0.25, 0.3) is 0 Å². The van der Waals surface area contributed by atoms with Crippen molar-refractivity contribution in [3.05, 3.63) is 0 Å². The maximum atomic E-state index is 8.49. The fraction of sp³-hybridized carbons (Fsp3) is 1.00. The molecule has 0 aromatic carbocycles. The van der Waals surface area contributed by atoms with E-state index in [4.69, 9.17) is 37.3 Å². The lowest BCUT2D eigenvalue weighted by Gasteiger charge is -2.50. The van der Waals surface area contributed by atoms with E-state index in [1.807, 2.05) is 0 Å². The summed E-state index contributed by atoms with van der Waals surface area (Å²) in [5.41, 5.74) is 0. The second-order valence-electron chi connectivity index (χ2n) is 4.55. The Bertz CT molecular complexity index is 230. The maximum Gasteiger partial charge on any atom is 0.208 e. The van der Waals surface area contributed by atoms with Crippen molar-refractivity contribution in [2.75, 3.05) is 40.0 Å². The third-order valence-electron chi connectivity index (χ3n) is 2.69. The van der Waals surface area contributed by atoms with E-state index >= 15 is 0 Å². The molecule has 0 amide bonds. The van der Waals surface area contributed by atoms with Gasteiger partial charge in [-0.25, -0.2) is 37.3 Å². The predicted octanol–water partition coefficient (Wildman–Crippen LogP) is -13.4. The summed E-state index contributed by atoms with van der Waals surface area (Å²) < 4.78 is 67.9. The van der Waals surface area contributed by atoms with Gasteiger partial charge in [-0.3, -0.25) is 9.80 Å². The van der Waals surface area contributed by atoms with Crippen molar-refractivity contribution in [2.45, 2.75) is 0 Å². The second kappa shape index (κ2) is 6.91. The van der Waals surface area contributed by atoms with E-state index in [9.17, 15) is 0 Å². The van der Waals surface area contributed by atoms with Gasteiger partial charge in [0.2, 0.25) is 6.67 Å². The third kappa shape index (κ3) is 9.11. The van der Waals surface area contributed by atoms with Crippen LogP contribution in [0.1, 0.15) is 0 Å². The molecule has 4 aliphatic rings. The summed E-state index contributed by atoms with van der Waals surface area (Å²) in [5, 5.41) is 0. The molecule has 0 saturated carbocycles. The lowest BCUT2D eigenvalue weighted by Crippen LogP contribution is -3.41. The molecular formula is C6H14Cl2N4O8. The van der Waals surface area contributed by atoms with Crippen LogP contribution in [0.25, 0.3) is 0 Å². The quantitative estimate of drug-likeness (QED) is 0.426. The van der Waals surface area contributed by atoms with Crippen molar-refractivity contribution >= 4 is 0 Å². The van der Waals surface area contributed by atoms with Crippen LogP contribution in [-0.2, 0) is 0 Å². The number of hydrogen-bond acceptors (Lipinski definition) is 10. The average molecular weight is 341 g/mol. The molecule has 0 unspecified atom stereocenters. The van der Waals surface area contributed by atoms with E-state index < -0.39 is 20.5 Å². The zero-order chi connectivity index (χ0) is 15.6. The molecule has 0 radical (unpaired) electrons. The summed E-state index contributed by atoms with van der Waals surface area (Å²) in [6, 6.07) is 0. The normalized spacial score (nSPS) is 34.8. The number of nitrogens with one attached hydrogen (secondary N) is 2. The summed E-state index contributed by atoms with van der Waals surface area (Å²) in [6.07, 6.45) is 0. The van der Waals surface area contributed by atoms with Crippen molar-refractivity contribution in [1.29, 1.82) is 0 Å². The molecule has 4 fully saturated rings. The van der Waals surface area contributed by atoms with Gasteiger partial charge in [0.15, 0.2) is 0 Å². The van der Waals surface area contributed by atoms with E-state index in [-0.39, 0.29) is 0 Å². The van der Waals surface area contributed by atoms with Crippen molar-refractivity contribution in [2.24, 2.45) is 0 Å². The third-order valence-corrected chi connectivity index (χ3v) is 2.69. The number of rotatable bonds is 0. The number of quaternary nitrogens is 2. The highest BCUT2D eigenvalue weighted by Gasteiger charge is 2.42. The van der Waals surface area contributed by atoms with Crippen LogP contribution in [0.15, 0.2) is 0 Å². The zero-order valence-corrected chi connectivity index (χ0v) is 11.7. The number of nitrogens with zero attached hydrogens (tertiary/aromatic N) is 2. The Morgan fingerprint density at radius 2 is 0.850 bits per heavy atom. The molecular weight excluding hydrogens is 327 g/mol. The Morgan fingerprint density at radius 1 is 0.600 bits per heavy atom. The van der Waals surface area contributed by atoms with Crippen LogP contribution in [0.3, 0.4) is 0 Å². The van der Waals surface area contributed by atoms with E-state index in [1.54, 1.807) is 9.80 Å². The minimum absolute atomic E-state index is 1.23. The first-order valence-electron chi connectivity index (χ1n) is 5.25. The topological polar surface area (TPSA) is 200 Å². The summed E-state index contributed by atoms with van der Waals surface area (Å²) >= 11 is 0.